The van der Waals surface area contributed by atoms with Gasteiger partial charge in [0.05, 0.1) is 17.6 Å². The average molecular weight is 402 g/mol. The average Bonchev–Trinajstić information content (AvgIpc) is 2.68. The van der Waals surface area contributed by atoms with Gasteiger partial charge >= 0.3 is 0 Å². The Hall–Kier alpha value is -2.30. The SMILES string of the molecule is CC(Cl)c1ncnc(NCCOc2ccc(Cc3ccccc3)cc2)c1Cl. The zero-order valence-electron chi connectivity index (χ0n) is 15.0. The van der Waals surface area contributed by atoms with Gasteiger partial charge in [0.1, 0.15) is 29.5 Å². The molecule has 1 unspecified atom stereocenters. The fourth-order valence-electron chi connectivity index (χ4n) is 2.66. The summed E-state index contributed by atoms with van der Waals surface area (Å²) < 4.78 is 5.78. The van der Waals surface area contributed by atoms with Crippen molar-refractivity contribution in [3.63, 3.8) is 0 Å². The van der Waals surface area contributed by atoms with E-state index in [0.29, 0.717) is 29.7 Å². The van der Waals surface area contributed by atoms with E-state index in [1.54, 1.807) is 0 Å². The maximum absolute atomic E-state index is 6.27. The van der Waals surface area contributed by atoms with Gasteiger partial charge in [-0.1, -0.05) is 54.1 Å². The van der Waals surface area contributed by atoms with Crippen molar-refractivity contribution in [3.05, 3.63) is 82.8 Å². The Balaban J connectivity index is 1.48. The number of rotatable bonds is 8. The van der Waals surface area contributed by atoms with Crippen molar-refractivity contribution in [2.75, 3.05) is 18.5 Å². The second-order valence-electron chi connectivity index (χ2n) is 6.12. The molecule has 0 fully saturated rings. The quantitative estimate of drug-likeness (QED) is 0.399. The van der Waals surface area contributed by atoms with E-state index in [1.807, 2.05) is 25.1 Å². The lowest BCUT2D eigenvalue weighted by molar-refractivity contribution is 0.332. The molecule has 1 aromatic heterocycles. The molecule has 1 N–H and O–H groups in total. The van der Waals surface area contributed by atoms with Gasteiger partial charge in [0, 0.05) is 0 Å². The zero-order chi connectivity index (χ0) is 19.1. The van der Waals surface area contributed by atoms with Crippen molar-refractivity contribution < 1.29 is 4.74 Å². The van der Waals surface area contributed by atoms with Crippen LogP contribution in [-0.2, 0) is 6.42 Å². The third kappa shape index (κ3) is 5.59. The van der Waals surface area contributed by atoms with Crippen LogP contribution >= 0.6 is 23.2 Å². The van der Waals surface area contributed by atoms with Crippen LogP contribution in [0.25, 0.3) is 0 Å². The van der Waals surface area contributed by atoms with Gasteiger partial charge in [-0.15, -0.1) is 11.6 Å². The van der Waals surface area contributed by atoms with Gasteiger partial charge in [-0.3, -0.25) is 0 Å². The molecule has 1 heterocycles. The zero-order valence-corrected chi connectivity index (χ0v) is 16.5. The van der Waals surface area contributed by atoms with Gasteiger partial charge in [-0.05, 0) is 36.6 Å². The molecule has 0 aliphatic heterocycles. The van der Waals surface area contributed by atoms with E-state index in [-0.39, 0.29) is 5.38 Å². The smallest absolute Gasteiger partial charge is 0.148 e. The molecule has 0 aliphatic carbocycles. The molecule has 0 amide bonds. The Morgan fingerprint density at radius 3 is 2.41 bits per heavy atom. The molecule has 0 spiro atoms. The molecule has 0 saturated heterocycles. The topological polar surface area (TPSA) is 47.0 Å². The second-order valence-corrected chi connectivity index (χ2v) is 7.15. The first-order valence-electron chi connectivity index (χ1n) is 8.77. The maximum Gasteiger partial charge on any atom is 0.148 e. The minimum absolute atomic E-state index is 0.272. The summed E-state index contributed by atoms with van der Waals surface area (Å²) in [5.41, 5.74) is 3.16. The second kappa shape index (κ2) is 9.58. The van der Waals surface area contributed by atoms with Gasteiger partial charge in [0.15, 0.2) is 0 Å². The van der Waals surface area contributed by atoms with Crippen LogP contribution in [0.2, 0.25) is 5.02 Å². The van der Waals surface area contributed by atoms with Gasteiger partial charge < -0.3 is 10.1 Å². The summed E-state index contributed by atoms with van der Waals surface area (Å²) in [6, 6.07) is 18.6. The lowest BCUT2D eigenvalue weighted by Crippen LogP contribution is -2.13. The van der Waals surface area contributed by atoms with Crippen LogP contribution in [0.3, 0.4) is 0 Å². The molecule has 2 aromatic carbocycles. The number of benzene rings is 2. The number of hydrogen-bond acceptors (Lipinski definition) is 4. The number of nitrogens with zero attached hydrogens (tertiary/aromatic N) is 2. The first kappa shape index (κ1) is 19.5. The summed E-state index contributed by atoms with van der Waals surface area (Å²) >= 11 is 12.3. The number of nitrogens with one attached hydrogen (secondary N) is 1. The molecule has 27 heavy (non-hydrogen) atoms. The molecule has 1 atom stereocenters. The third-order valence-corrected chi connectivity index (χ3v) is 4.61. The fraction of sp³-hybridized carbons (Fsp3) is 0.238. The number of anilines is 1. The first-order chi connectivity index (χ1) is 13.1. The van der Waals surface area contributed by atoms with E-state index in [4.69, 9.17) is 27.9 Å². The third-order valence-electron chi connectivity index (χ3n) is 4.03. The molecule has 140 valence electrons. The molecular formula is C21H21Cl2N3O. The lowest BCUT2D eigenvalue weighted by Gasteiger charge is -2.12. The number of alkyl halides is 1. The Morgan fingerprint density at radius 1 is 1.00 bits per heavy atom. The van der Waals surface area contributed by atoms with Crippen molar-refractivity contribution in [1.82, 2.24) is 9.97 Å². The summed E-state index contributed by atoms with van der Waals surface area (Å²) in [6.07, 6.45) is 2.37. The van der Waals surface area contributed by atoms with Gasteiger partial charge in [-0.25, -0.2) is 9.97 Å². The predicted octanol–water partition coefficient (Wildman–Crippen LogP) is 5.51. The highest BCUT2D eigenvalue weighted by Crippen LogP contribution is 2.29. The van der Waals surface area contributed by atoms with Gasteiger partial charge in [0.2, 0.25) is 0 Å². The fourth-order valence-corrected chi connectivity index (χ4v) is 3.21. The minimum atomic E-state index is -0.272. The van der Waals surface area contributed by atoms with Crippen LogP contribution in [0.15, 0.2) is 60.9 Å². The van der Waals surface area contributed by atoms with Crippen LogP contribution in [0.1, 0.15) is 29.1 Å². The molecule has 0 aliphatic rings. The number of halogens is 2. The number of ether oxygens (including phenoxy) is 1. The van der Waals surface area contributed by atoms with Gasteiger partial charge in [0.25, 0.3) is 0 Å². The normalized spacial score (nSPS) is 11.8. The van der Waals surface area contributed by atoms with Crippen molar-refractivity contribution in [3.8, 4) is 5.75 Å². The highest BCUT2D eigenvalue weighted by Gasteiger charge is 2.13. The van der Waals surface area contributed by atoms with Crippen molar-refractivity contribution in [2.24, 2.45) is 0 Å². The standard InChI is InChI=1S/C21H21Cl2N3O/c1-15(22)20-19(23)21(26-14-25-20)24-11-12-27-18-9-7-17(8-10-18)13-16-5-3-2-4-6-16/h2-10,14-15H,11-13H2,1H3,(H,24,25,26). The largest absolute Gasteiger partial charge is 0.492 e. The molecule has 0 radical (unpaired) electrons. The van der Waals surface area contributed by atoms with E-state index in [2.05, 4.69) is 51.7 Å². The minimum Gasteiger partial charge on any atom is -0.492 e. The summed E-state index contributed by atoms with van der Waals surface area (Å²) in [4.78, 5) is 8.26. The molecule has 4 nitrogen and oxygen atoms in total. The first-order valence-corrected chi connectivity index (χ1v) is 9.59. The van der Waals surface area contributed by atoms with Crippen LogP contribution < -0.4 is 10.1 Å². The van der Waals surface area contributed by atoms with E-state index < -0.39 is 0 Å². The van der Waals surface area contributed by atoms with E-state index >= 15 is 0 Å². The van der Waals surface area contributed by atoms with Crippen molar-refractivity contribution >= 4 is 29.0 Å². The summed E-state index contributed by atoms with van der Waals surface area (Å²) in [7, 11) is 0. The maximum atomic E-state index is 6.27. The molecular weight excluding hydrogens is 381 g/mol. The molecule has 0 saturated carbocycles. The molecule has 0 bridgehead atoms. The van der Waals surface area contributed by atoms with E-state index in [1.165, 1.54) is 17.5 Å². The highest BCUT2D eigenvalue weighted by atomic mass is 35.5. The Labute approximate surface area is 169 Å². The Bertz CT molecular complexity index is 855. The summed E-state index contributed by atoms with van der Waals surface area (Å²) in [5.74, 6) is 1.40. The monoisotopic (exact) mass is 401 g/mol. The molecule has 3 aromatic rings. The number of aromatic nitrogens is 2. The highest BCUT2D eigenvalue weighted by molar-refractivity contribution is 6.34. The van der Waals surface area contributed by atoms with Crippen molar-refractivity contribution in [2.45, 2.75) is 18.7 Å². The lowest BCUT2D eigenvalue weighted by atomic mass is 10.1. The molecule has 3 rings (SSSR count). The Morgan fingerprint density at radius 2 is 1.70 bits per heavy atom. The summed E-state index contributed by atoms with van der Waals surface area (Å²) in [5, 5.41) is 3.33. The van der Waals surface area contributed by atoms with Crippen LogP contribution in [0.5, 0.6) is 5.75 Å². The van der Waals surface area contributed by atoms with Crippen LogP contribution in [-0.4, -0.2) is 23.1 Å². The predicted molar refractivity (Wildman–Crippen MR) is 111 cm³/mol. The van der Waals surface area contributed by atoms with Crippen molar-refractivity contribution in [1.29, 1.82) is 0 Å². The van der Waals surface area contributed by atoms with E-state index in [9.17, 15) is 0 Å². The van der Waals surface area contributed by atoms with Crippen LogP contribution in [0, 0.1) is 0 Å². The number of hydrogen-bond donors (Lipinski definition) is 1. The Kier molecular flexibility index (Phi) is 6.91. The van der Waals surface area contributed by atoms with Gasteiger partial charge in [-0.2, -0.15) is 0 Å². The van der Waals surface area contributed by atoms with E-state index in [0.717, 1.165) is 12.2 Å². The van der Waals surface area contributed by atoms with Crippen LogP contribution in [0.4, 0.5) is 5.82 Å². The molecule has 6 heteroatoms. The summed E-state index contributed by atoms with van der Waals surface area (Å²) in [6.45, 7) is 2.88.